The number of hydrogen-bond acceptors (Lipinski definition) is 4. The van der Waals surface area contributed by atoms with Gasteiger partial charge >= 0.3 is 0 Å². The van der Waals surface area contributed by atoms with E-state index in [4.69, 9.17) is 21.1 Å². The van der Waals surface area contributed by atoms with Crippen LogP contribution in [0, 0.1) is 0 Å². The van der Waals surface area contributed by atoms with Crippen molar-refractivity contribution in [1.82, 2.24) is 4.72 Å². The van der Waals surface area contributed by atoms with E-state index in [1.165, 1.54) is 12.1 Å². The van der Waals surface area contributed by atoms with Crippen LogP contribution in [0.3, 0.4) is 0 Å². The van der Waals surface area contributed by atoms with Crippen LogP contribution in [0.2, 0.25) is 5.02 Å². The van der Waals surface area contributed by atoms with Crippen LogP contribution < -0.4 is 4.72 Å². The van der Waals surface area contributed by atoms with Gasteiger partial charge in [-0.2, -0.15) is 0 Å². The summed E-state index contributed by atoms with van der Waals surface area (Å²) in [6.07, 6.45) is 3.76. The van der Waals surface area contributed by atoms with Gasteiger partial charge in [0.1, 0.15) is 0 Å². The van der Waals surface area contributed by atoms with Gasteiger partial charge in [0.25, 0.3) is 0 Å². The molecular formula is C14H18ClNO4S. The molecule has 1 saturated carbocycles. The molecule has 1 atom stereocenters. The Morgan fingerprint density at radius 1 is 1.24 bits per heavy atom. The lowest BCUT2D eigenvalue weighted by atomic mass is 10.2. The van der Waals surface area contributed by atoms with E-state index < -0.39 is 15.8 Å². The third-order valence-corrected chi connectivity index (χ3v) is 5.60. The molecule has 1 N–H and O–H groups in total. The van der Waals surface area contributed by atoms with Gasteiger partial charge in [-0.3, -0.25) is 0 Å². The molecule has 116 valence electrons. The van der Waals surface area contributed by atoms with E-state index in [9.17, 15) is 8.42 Å². The van der Waals surface area contributed by atoms with Crippen molar-refractivity contribution in [2.75, 3.05) is 13.2 Å². The molecule has 1 heterocycles. The SMILES string of the molecule is O=S(=O)(NC[C@H]1COC2(CCCC2)O1)c1ccc(Cl)cc1. The van der Waals surface area contributed by atoms with Gasteiger partial charge in [-0.05, 0) is 37.1 Å². The summed E-state index contributed by atoms with van der Waals surface area (Å²) in [5.41, 5.74) is 0. The highest BCUT2D eigenvalue weighted by atomic mass is 35.5. The minimum Gasteiger partial charge on any atom is -0.347 e. The van der Waals surface area contributed by atoms with E-state index in [0.29, 0.717) is 11.6 Å². The predicted octanol–water partition coefficient (Wildman–Crippen LogP) is 2.30. The number of hydrogen-bond donors (Lipinski definition) is 1. The Labute approximate surface area is 129 Å². The number of halogens is 1. The van der Waals surface area contributed by atoms with Gasteiger partial charge in [0.15, 0.2) is 5.79 Å². The number of ether oxygens (including phenoxy) is 2. The fourth-order valence-electron chi connectivity index (χ4n) is 2.79. The summed E-state index contributed by atoms with van der Waals surface area (Å²) >= 11 is 5.76. The zero-order valence-corrected chi connectivity index (χ0v) is 13.1. The van der Waals surface area contributed by atoms with Crippen LogP contribution in [0.15, 0.2) is 29.2 Å². The van der Waals surface area contributed by atoms with E-state index in [2.05, 4.69) is 4.72 Å². The van der Waals surface area contributed by atoms with E-state index in [-0.39, 0.29) is 17.5 Å². The number of sulfonamides is 1. The molecule has 0 bridgehead atoms. The Kier molecular flexibility index (Phi) is 4.25. The highest BCUT2D eigenvalue weighted by Crippen LogP contribution is 2.39. The fourth-order valence-corrected chi connectivity index (χ4v) is 3.99. The van der Waals surface area contributed by atoms with Crippen molar-refractivity contribution < 1.29 is 17.9 Å². The average molecular weight is 332 g/mol. The van der Waals surface area contributed by atoms with Crippen molar-refractivity contribution in [3.8, 4) is 0 Å². The van der Waals surface area contributed by atoms with Crippen LogP contribution >= 0.6 is 11.6 Å². The fraction of sp³-hybridized carbons (Fsp3) is 0.571. The number of rotatable bonds is 4. The monoisotopic (exact) mass is 331 g/mol. The van der Waals surface area contributed by atoms with Gasteiger partial charge in [-0.1, -0.05) is 11.6 Å². The molecule has 7 heteroatoms. The van der Waals surface area contributed by atoms with Crippen molar-refractivity contribution >= 4 is 21.6 Å². The molecule has 1 spiro atoms. The molecule has 3 rings (SSSR count). The second kappa shape index (κ2) is 5.85. The van der Waals surface area contributed by atoms with E-state index in [1.54, 1.807) is 12.1 Å². The van der Waals surface area contributed by atoms with Crippen LogP contribution in [0.5, 0.6) is 0 Å². The van der Waals surface area contributed by atoms with E-state index in [1.807, 2.05) is 0 Å². The molecule has 2 aliphatic rings. The first-order valence-corrected chi connectivity index (χ1v) is 8.92. The molecule has 1 aliphatic heterocycles. The summed E-state index contributed by atoms with van der Waals surface area (Å²) < 4.78 is 38.5. The lowest BCUT2D eigenvalue weighted by Crippen LogP contribution is -2.35. The second-order valence-electron chi connectivity index (χ2n) is 5.47. The third-order valence-electron chi connectivity index (χ3n) is 3.90. The maximum Gasteiger partial charge on any atom is 0.240 e. The molecular weight excluding hydrogens is 314 g/mol. The molecule has 0 radical (unpaired) electrons. The Morgan fingerprint density at radius 2 is 1.90 bits per heavy atom. The first-order chi connectivity index (χ1) is 9.99. The molecule has 2 fully saturated rings. The average Bonchev–Trinajstić information content (AvgIpc) is 3.08. The van der Waals surface area contributed by atoms with E-state index in [0.717, 1.165) is 25.7 Å². The van der Waals surface area contributed by atoms with Gasteiger partial charge in [-0.15, -0.1) is 0 Å². The highest BCUT2D eigenvalue weighted by Gasteiger charge is 2.43. The maximum absolute atomic E-state index is 12.2. The Balaban J connectivity index is 1.58. The zero-order valence-electron chi connectivity index (χ0n) is 11.5. The second-order valence-corrected chi connectivity index (χ2v) is 7.68. The molecule has 1 aromatic rings. The lowest BCUT2D eigenvalue weighted by Gasteiger charge is -2.21. The molecule has 1 aromatic carbocycles. The predicted molar refractivity (Wildman–Crippen MR) is 78.7 cm³/mol. The van der Waals surface area contributed by atoms with Crippen LogP contribution in [0.4, 0.5) is 0 Å². The number of nitrogens with one attached hydrogen (secondary N) is 1. The number of benzene rings is 1. The Morgan fingerprint density at radius 3 is 2.57 bits per heavy atom. The smallest absolute Gasteiger partial charge is 0.240 e. The quantitative estimate of drug-likeness (QED) is 0.919. The molecule has 0 unspecified atom stereocenters. The van der Waals surface area contributed by atoms with Crippen LogP contribution in [0.25, 0.3) is 0 Å². The molecule has 1 aliphatic carbocycles. The van der Waals surface area contributed by atoms with Gasteiger partial charge in [0.2, 0.25) is 10.0 Å². The normalized spacial score (nSPS) is 24.7. The standard InChI is InChI=1S/C14H18ClNO4S/c15-11-3-5-13(6-4-11)21(17,18)16-9-12-10-19-14(20-12)7-1-2-8-14/h3-6,12,16H,1-2,7-10H2/t12-/m0/s1. The molecule has 1 saturated heterocycles. The third kappa shape index (κ3) is 3.40. The van der Waals surface area contributed by atoms with Gasteiger partial charge in [0.05, 0.1) is 17.6 Å². The highest BCUT2D eigenvalue weighted by molar-refractivity contribution is 7.89. The van der Waals surface area contributed by atoms with Crippen molar-refractivity contribution in [2.24, 2.45) is 0 Å². The molecule has 0 aromatic heterocycles. The van der Waals surface area contributed by atoms with Gasteiger partial charge < -0.3 is 9.47 Å². The molecule has 0 amide bonds. The summed E-state index contributed by atoms with van der Waals surface area (Å²) in [5.74, 6) is -0.462. The molecule has 5 nitrogen and oxygen atoms in total. The lowest BCUT2D eigenvalue weighted by molar-refractivity contribution is -0.160. The van der Waals surface area contributed by atoms with Gasteiger partial charge in [0, 0.05) is 24.4 Å². The van der Waals surface area contributed by atoms with Gasteiger partial charge in [-0.25, -0.2) is 13.1 Å². The Bertz CT molecular complexity index is 596. The van der Waals surface area contributed by atoms with Crippen molar-refractivity contribution in [1.29, 1.82) is 0 Å². The minimum absolute atomic E-state index is 0.196. The van der Waals surface area contributed by atoms with E-state index >= 15 is 0 Å². The molecule has 21 heavy (non-hydrogen) atoms. The summed E-state index contributed by atoms with van der Waals surface area (Å²) in [5, 5.41) is 0.504. The summed E-state index contributed by atoms with van der Waals surface area (Å²) in [6, 6.07) is 6.07. The largest absolute Gasteiger partial charge is 0.347 e. The summed E-state index contributed by atoms with van der Waals surface area (Å²) in [7, 11) is -3.54. The summed E-state index contributed by atoms with van der Waals surface area (Å²) in [4.78, 5) is 0.196. The minimum atomic E-state index is -3.54. The Hall–Kier alpha value is -0.660. The van der Waals surface area contributed by atoms with Crippen LogP contribution in [-0.2, 0) is 19.5 Å². The summed E-state index contributed by atoms with van der Waals surface area (Å²) in [6.45, 7) is 0.649. The first-order valence-electron chi connectivity index (χ1n) is 7.06. The van der Waals surface area contributed by atoms with Crippen LogP contribution in [-0.4, -0.2) is 33.5 Å². The van der Waals surface area contributed by atoms with Crippen LogP contribution in [0.1, 0.15) is 25.7 Å². The van der Waals surface area contributed by atoms with Crippen molar-refractivity contribution in [2.45, 2.75) is 42.5 Å². The maximum atomic E-state index is 12.2. The topological polar surface area (TPSA) is 64.6 Å². The zero-order chi connectivity index (χ0) is 14.9. The van der Waals surface area contributed by atoms with Crippen molar-refractivity contribution in [3.05, 3.63) is 29.3 Å². The van der Waals surface area contributed by atoms with Crippen molar-refractivity contribution in [3.63, 3.8) is 0 Å². The first kappa shape index (κ1) is 15.2.